The Hall–Kier alpha value is -3.22. The minimum absolute atomic E-state index is 0.292. The highest BCUT2D eigenvalue weighted by Gasteiger charge is 2.34. The van der Waals surface area contributed by atoms with Crippen LogP contribution in [0.3, 0.4) is 0 Å². The number of carbonyl (C=O) groups is 3. The van der Waals surface area contributed by atoms with E-state index in [1.165, 1.54) is 0 Å². The van der Waals surface area contributed by atoms with Gasteiger partial charge in [-0.25, -0.2) is 4.79 Å². The zero-order valence-electron chi connectivity index (χ0n) is 13.2. The third-order valence-corrected chi connectivity index (χ3v) is 4.40. The molecule has 0 bridgehead atoms. The summed E-state index contributed by atoms with van der Waals surface area (Å²) in [5.41, 5.74) is 2.78. The molecular formula is C18H15N3O4. The fourth-order valence-corrected chi connectivity index (χ4v) is 3.10. The van der Waals surface area contributed by atoms with Gasteiger partial charge in [0.25, 0.3) is 5.91 Å². The van der Waals surface area contributed by atoms with Gasteiger partial charge < -0.3 is 15.4 Å². The highest BCUT2D eigenvalue weighted by Crippen LogP contribution is 2.23. The number of cyclic esters (lactones) is 1. The number of carbonyl (C=O) groups excluding carboxylic acids is 3. The Morgan fingerprint density at radius 1 is 1.16 bits per heavy atom. The van der Waals surface area contributed by atoms with Crippen LogP contribution in [0.1, 0.15) is 21.5 Å². The van der Waals surface area contributed by atoms with Crippen LogP contribution in [0, 0.1) is 0 Å². The minimum atomic E-state index is -0.939. The highest BCUT2D eigenvalue weighted by molar-refractivity contribution is 6.01. The maximum Gasteiger partial charge on any atom is 0.339 e. The molecule has 4 rings (SSSR count). The highest BCUT2D eigenvalue weighted by atomic mass is 16.5. The molecule has 0 spiro atoms. The summed E-state index contributed by atoms with van der Waals surface area (Å²) in [6, 6.07) is 8.02. The van der Waals surface area contributed by atoms with E-state index in [-0.39, 0.29) is 5.91 Å². The maximum atomic E-state index is 12.5. The average molecular weight is 337 g/mol. The molecule has 2 N–H and O–H groups in total. The second-order valence-corrected chi connectivity index (χ2v) is 6.04. The topological polar surface area (TPSA) is 97.4 Å². The van der Waals surface area contributed by atoms with E-state index in [0.717, 1.165) is 11.1 Å². The van der Waals surface area contributed by atoms with Gasteiger partial charge in [-0.2, -0.15) is 0 Å². The number of amides is 2. The van der Waals surface area contributed by atoms with E-state index in [0.29, 0.717) is 24.1 Å². The van der Waals surface area contributed by atoms with Crippen molar-refractivity contribution in [3.63, 3.8) is 0 Å². The Kier molecular flexibility index (Phi) is 3.68. The van der Waals surface area contributed by atoms with E-state index in [2.05, 4.69) is 15.6 Å². The normalized spacial score (nSPS) is 21.4. The number of rotatable bonds is 2. The lowest BCUT2D eigenvalue weighted by Gasteiger charge is -2.28. The fourth-order valence-electron chi connectivity index (χ4n) is 3.10. The van der Waals surface area contributed by atoms with E-state index in [1.54, 1.807) is 36.7 Å². The lowest BCUT2D eigenvalue weighted by molar-refractivity contribution is -0.133. The third-order valence-electron chi connectivity index (χ3n) is 4.40. The molecule has 0 saturated heterocycles. The lowest BCUT2D eigenvalue weighted by Crippen LogP contribution is -2.52. The second-order valence-electron chi connectivity index (χ2n) is 6.04. The van der Waals surface area contributed by atoms with Gasteiger partial charge in [0, 0.05) is 30.9 Å². The molecule has 3 heterocycles. The number of anilines is 1. The van der Waals surface area contributed by atoms with E-state index in [1.807, 2.05) is 6.07 Å². The Morgan fingerprint density at radius 2 is 2.00 bits per heavy atom. The number of benzene rings is 1. The zero-order valence-corrected chi connectivity index (χ0v) is 13.2. The summed E-state index contributed by atoms with van der Waals surface area (Å²) in [6.07, 6.45) is 2.95. The number of hydrogen-bond acceptors (Lipinski definition) is 5. The molecule has 126 valence electrons. The smallest absolute Gasteiger partial charge is 0.339 e. The van der Waals surface area contributed by atoms with E-state index in [9.17, 15) is 14.4 Å². The van der Waals surface area contributed by atoms with Gasteiger partial charge in [0.05, 0.1) is 5.56 Å². The van der Waals surface area contributed by atoms with Crippen LogP contribution in [0.4, 0.5) is 5.69 Å². The first-order valence-electron chi connectivity index (χ1n) is 7.95. The molecule has 25 heavy (non-hydrogen) atoms. The number of fused-ring (bicyclic) bond motifs is 2. The van der Waals surface area contributed by atoms with Crippen molar-refractivity contribution in [1.29, 1.82) is 0 Å². The molecular weight excluding hydrogens is 322 g/mol. The first-order valence-corrected chi connectivity index (χ1v) is 7.95. The molecule has 2 aliphatic rings. The van der Waals surface area contributed by atoms with Gasteiger partial charge in [-0.05, 0) is 23.3 Å². The Labute approximate surface area is 143 Å². The molecule has 2 aromatic rings. The molecule has 2 unspecified atom stereocenters. The van der Waals surface area contributed by atoms with Crippen molar-refractivity contribution >= 4 is 23.5 Å². The van der Waals surface area contributed by atoms with Crippen molar-refractivity contribution in [1.82, 2.24) is 10.3 Å². The van der Waals surface area contributed by atoms with E-state index < -0.39 is 24.0 Å². The van der Waals surface area contributed by atoms with Gasteiger partial charge in [-0.3, -0.25) is 14.6 Å². The summed E-state index contributed by atoms with van der Waals surface area (Å²) in [5.74, 6) is -1.30. The van der Waals surface area contributed by atoms with Crippen molar-refractivity contribution in [2.45, 2.75) is 25.0 Å². The van der Waals surface area contributed by atoms with Crippen LogP contribution in [-0.4, -0.2) is 34.9 Å². The number of nitrogens with zero attached hydrogens (tertiary/aromatic N) is 1. The number of aromatic nitrogens is 1. The van der Waals surface area contributed by atoms with Gasteiger partial charge in [0.15, 0.2) is 6.10 Å². The monoisotopic (exact) mass is 337 g/mol. The summed E-state index contributed by atoms with van der Waals surface area (Å²) < 4.78 is 5.23. The molecule has 0 aliphatic carbocycles. The van der Waals surface area contributed by atoms with Crippen LogP contribution < -0.4 is 10.6 Å². The molecule has 0 radical (unpaired) electrons. The zero-order chi connectivity index (χ0) is 17.4. The SMILES string of the molecule is O=C1OC(C(=O)NC2Cc3cnccc3NC2=O)Cc2ccccc21. The predicted molar refractivity (Wildman–Crippen MR) is 87.9 cm³/mol. The lowest BCUT2D eigenvalue weighted by atomic mass is 9.97. The summed E-state index contributed by atoms with van der Waals surface area (Å²) >= 11 is 0. The van der Waals surface area contributed by atoms with Crippen LogP contribution in [0.15, 0.2) is 42.7 Å². The van der Waals surface area contributed by atoms with Crippen LogP contribution in [0.2, 0.25) is 0 Å². The number of nitrogens with one attached hydrogen (secondary N) is 2. The summed E-state index contributed by atoms with van der Waals surface area (Å²) in [7, 11) is 0. The number of pyridine rings is 1. The van der Waals surface area contributed by atoms with Gasteiger partial charge >= 0.3 is 5.97 Å². The quantitative estimate of drug-likeness (QED) is 0.792. The summed E-state index contributed by atoms with van der Waals surface area (Å²) in [6.45, 7) is 0. The molecule has 2 atom stereocenters. The standard InChI is InChI=1S/C18H15N3O4/c22-16-14(7-11-9-19-6-5-13(11)20-16)21-17(23)15-8-10-3-1-2-4-12(10)18(24)25-15/h1-6,9,14-15H,7-8H2,(H,20,22)(H,21,23). The van der Waals surface area contributed by atoms with Crippen molar-refractivity contribution in [3.8, 4) is 0 Å². The van der Waals surface area contributed by atoms with Crippen LogP contribution >= 0.6 is 0 Å². The van der Waals surface area contributed by atoms with E-state index in [4.69, 9.17) is 4.74 Å². The second kappa shape index (κ2) is 6.01. The van der Waals surface area contributed by atoms with E-state index >= 15 is 0 Å². The predicted octanol–water partition coefficient (Wildman–Crippen LogP) is 0.843. The van der Waals surface area contributed by atoms with Gasteiger partial charge in [0.2, 0.25) is 5.91 Å². The molecule has 7 heteroatoms. The first kappa shape index (κ1) is 15.3. The van der Waals surface area contributed by atoms with Crippen molar-refractivity contribution in [3.05, 3.63) is 59.4 Å². The number of esters is 1. The molecule has 1 aromatic carbocycles. The fraction of sp³-hybridized carbons (Fsp3) is 0.222. The van der Waals surface area contributed by atoms with Crippen LogP contribution in [-0.2, 0) is 27.2 Å². The maximum absolute atomic E-state index is 12.5. The Bertz CT molecular complexity index is 880. The molecule has 0 fully saturated rings. The van der Waals surface area contributed by atoms with Crippen molar-refractivity contribution < 1.29 is 19.1 Å². The number of ether oxygens (including phenoxy) is 1. The molecule has 2 aliphatic heterocycles. The third kappa shape index (κ3) is 2.84. The molecule has 0 saturated carbocycles. The van der Waals surface area contributed by atoms with Crippen LogP contribution in [0.5, 0.6) is 0 Å². The first-order chi connectivity index (χ1) is 12.1. The Morgan fingerprint density at radius 3 is 2.88 bits per heavy atom. The van der Waals surface area contributed by atoms with Gasteiger partial charge in [0.1, 0.15) is 6.04 Å². The largest absolute Gasteiger partial charge is 0.448 e. The minimum Gasteiger partial charge on any atom is -0.448 e. The van der Waals surface area contributed by atoms with Gasteiger partial charge in [-0.15, -0.1) is 0 Å². The van der Waals surface area contributed by atoms with Crippen molar-refractivity contribution in [2.24, 2.45) is 0 Å². The van der Waals surface area contributed by atoms with Crippen molar-refractivity contribution in [2.75, 3.05) is 5.32 Å². The summed E-state index contributed by atoms with van der Waals surface area (Å²) in [4.78, 5) is 40.7. The average Bonchev–Trinajstić information content (AvgIpc) is 2.62. The molecule has 2 amide bonds. The molecule has 7 nitrogen and oxygen atoms in total. The Balaban J connectivity index is 1.48. The van der Waals surface area contributed by atoms with Crippen LogP contribution in [0.25, 0.3) is 0 Å². The molecule has 1 aromatic heterocycles. The summed E-state index contributed by atoms with van der Waals surface area (Å²) in [5, 5.41) is 5.42. The number of hydrogen-bond donors (Lipinski definition) is 2. The van der Waals surface area contributed by atoms with Gasteiger partial charge in [-0.1, -0.05) is 18.2 Å².